The molecule has 0 amide bonds. The van der Waals surface area contributed by atoms with Gasteiger partial charge in [-0.05, 0) is 12.1 Å². The molecule has 1 aromatic carbocycles. The van der Waals surface area contributed by atoms with Crippen LogP contribution in [-0.4, -0.2) is 52.0 Å². The Morgan fingerprint density at radius 2 is 1.53 bits per heavy atom. The van der Waals surface area contributed by atoms with Gasteiger partial charge in [-0.15, -0.1) is 0 Å². The molecule has 8 nitrogen and oxygen atoms in total. The zero-order valence-corrected chi connectivity index (χ0v) is 16.8. The molecule has 176 valence electrons. The SMILES string of the molecule is COC(=O)c1ccc(NS(=O)(=O)c2cc(OC(F)(F)CF)cc(OC(F)(F)CF)c2)cn1. The van der Waals surface area contributed by atoms with Crippen molar-refractivity contribution in [3.05, 3.63) is 42.2 Å². The number of hydrogen-bond acceptors (Lipinski definition) is 7. The van der Waals surface area contributed by atoms with Gasteiger partial charge < -0.3 is 14.2 Å². The lowest BCUT2D eigenvalue weighted by molar-refractivity contribution is -0.189. The van der Waals surface area contributed by atoms with E-state index in [4.69, 9.17) is 0 Å². The number of nitrogens with zero attached hydrogens (tertiary/aromatic N) is 1. The second kappa shape index (κ2) is 9.50. The third-order valence-corrected chi connectivity index (χ3v) is 4.78. The number of halogens is 6. The summed E-state index contributed by atoms with van der Waals surface area (Å²) in [4.78, 5) is 14.1. The van der Waals surface area contributed by atoms with Gasteiger partial charge in [0.05, 0.1) is 23.9 Å². The molecular weight excluding hydrogens is 474 g/mol. The lowest BCUT2D eigenvalue weighted by Gasteiger charge is -2.19. The van der Waals surface area contributed by atoms with Crippen LogP contribution in [0, 0.1) is 0 Å². The van der Waals surface area contributed by atoms with Crippen molar-refractivity contribution in [3.8, 4) is 11.5 Å². The standard InChI is InChI=1S/C17H14F6N2O6S/c1-29-15(26)14-3-2-10(7-24-14)25-32(27,28)13-5-11(30-16(20,21)8-18)4-12(6-13)31-17(22,23)9-19/h2-7,25H,8-9H2,1H3. The van der Waals surface area contributed by atoms with Crippen LogP contribution in [0.4, 0.5) is 32.0 Å². The third kappa shape index (κ3) is 6.63. The summed E-state index contributed by atoms with van der Waals surface area (Å²) in [5, 5.41) is 0. The Morgan fingerprint density at radius 1 is 1.00 bits per heavy atom. The zero-order chi connectivity index (χ0) is 24.2. The van der Waals surface area contributed by atoms with Gasteiger partial charge in [0, 0.05) is 18.2 Å². The summed E-state index contributed by atoms with van der Waals surface area (Å²) < 4.78 is 117. The number of benzene rings is 1. The van der Waals surface area contributed by atoms with Crippen LogP contribution in [0.5, 0.6) is 11.5 Å². The number of methoxy groups -OCH3 is 1. The largest absolute Gasteiger partial charge is 0.464 e. The fourth-order valence-electron chi connectivity index (χ4n) is 2.11. The Morgan fingerprint density at radius 3 is 1.94 bits per heavy atom. The van der Waals surface area contributed by atoms with Gasteiger partial charge in [-0.2, -0.15) is 17.6 Å². The number of carbonyl (C=O) groups excluding carboxylic acids is 1. The molecule has 2 aromatic rings. The lowest BCUT2D eigenvalue weighted by Crippen LogP contribution is -2.28. The topological polar surface area (TPSA) is 104 Å². The number of ether oxygens (including phenoxy) is 3. The molecule has 0 aliphatic carbocycles. The highest BCUT2D eigenvalue weighted by Crippen LogP contribution is 2.33. The average molecular weight is 488 g/mol. The Kier molecular flexibility index (Phi) is 7.43. The molecule has 15 heteroatoms. The van der Waals surface area contributed by atoms with Crippen molar-refractivity contribution in [2.24, 2.45) is 0 Å². The first-order valence-electron chi connectivity index (χ1n) is 8.29. The highest BCUT2D eigenvalue weighted by Gasteiger charge is 2.35. The number of aromatic nitrogens is 1. The number of hydrogen-bond donors (Lipinski definition) is 1. The predicted molar refractivity (Wildman–Crippen MR) is 95.9 cm³/mol. The van der Waals surface area contributed by atoms with E-state index in [1.807, 2.05) is 4.72 Å². The van der Waals surface area contributed by atoms with Crippen LogP contribution in [-0.2, 0) is 14.8 Å². The van der Waals surface area contributed by atoms with Crippen LogP contribution in [0.1, 0.15) is 10.5 Å². The van der Waals surface area contributed by atoms with E-state index in [2.05, 4.69) is 19.2 Å². The first kappa shape index (κ1) is 25.0. The Hall–Kier alpha value is -3.23. The molecular formula is C17H14F6N2O6S. The summed E-state index contributed by atoms with van der Waals surface area (Å²) in [5.41, 5.74) is -0.377. The van der Waals surface area contributed by atoms with Gasteiger partial charge in [0.2, 0.25) is 0 Å². The molecule has 0 fully saturated rings. The molecule has 1 N–H and O–H groups in total. The van der Waals surface area contributed by atoms with Gasteiger partial charge in [0.1, 0.15) is 17.2 Å². The molecule has 0 unspecified atom stereocenters. The highest BCUT2D eigenvalue weighted by atomic mass is 32.2. The Balaban J connectivity index is 2.42. The Bertz CT molecular complexity index is 1030. The number of pyridine rings is 1. The van der Waals surface area contributed by atoms with E-state index in [-0.39, 0.29) is 11.4 Å². The van der Waals surface area contributed by atoms with E-state index >= 15 is 0 Å². The molecule has 0 aliphatic heterocycles. The Labute approximate surface area is 177 Å². The molecule has 0 atom stereocenters. The molecule has 0 saturated carbocycles. The van der Waals surface area contributed by atoms with Gasteiger partial charge in [-0.1, -0.05) is 0 Å². The van der Waals surface area contributed by atoms with Gasteiger partial charge in [-0.3, -0.25) is 4.72 Å². The maximum absolute atomic E-state index is 13.2. The smallest absolute Gasteiger partial charge is 0.427 e. The second-order valence-electron chi connectivity index (χ2n) is 5.92. The van der Waals surface area contributed by atoms with E-state index in [0.29, 0.717) is 18.2 Å². The summed E-state index contributed by atoms with van der Waals surface area (Å²) in [6, 6.07) is 3.55. The number of rotatable bonds is 10. The van der Waals surface area contributed by atoms with Crippen molar-refractivity contribution < 1.29 is 53.8 Å². The predicted octanol–water partition coefficient (Wildman–Crippen LogP) is 3.55. The summed E-state index contributed by atoms with van der Waals surface area (Å²) >= 11 is 0. The molecule has 0 aliphatic rings. The fraction of sp³-hybridized carbons (Fsp3) is 0.294. The molecule has 0 spiro atoms. The number of sulfonamides is 1. The maximum Gasteiger partial charge on any atom is 0.427 e. The minimum absolute atomic E-state index is 0.163. The summed E-state index contributed by atoms with van der Waals surface area (Å²) in [6.07, 6.45) is -7.91. The molecule has 0 saturated heterocycles. The maximum atomic E-state index is 13.2. The minimum Gasteiger partial charge on any atom is -0.464 e. The van der Waals surface area contributed by atoms with E-state index in [1.54, 1.807) is 0 Å². The van der Waals surface area contributed by atoms with Crippen molar-refractivity contribution in [1.82, 2.24) is 4.98 Å². The summed E-state index contributed by atoms with van der Waals surface area (Å²) in [5.74, 6) is -2.92. The quantitative estimate of drug-likeness (QED) is 0.403. The van der Waals surface area contributed by atoms with Gasteiger partial charge in [-0.25, -0.2) is 27.0 Å². The van der Waals surface area contributed by atoms with Crippen LogP contribution in [0.15, 0.2) is 41.4 Å². The summed E-state index contributed by atoms with van der Waals surface area (Å²) in [6.45, 7) is -4.62. The molecule has 0 radical (unpaired) electrons. The van der Waals surface area contributed by atoms with Crippen LogP contribution in [0.3, 0.4) is 0 Å². The number of nitrogens with one attached hydrogen (secondary N) is 1. The molecule has 2 rings (SSSR count). The average Bonchev–Trinajstić information content (AvgIpc) is 2.72. The number of alkyl halides is 6. The lowest BCUT2D eigenvalue weighted by atomic mass is 10.3. The van der Waals surface area contributed by atoms with E-state index in [9.17, 15) is 39.6 Å². The van der Waals surface area contributed by atoms with Gasteiger partial charge in [0.15, 0.2) is 13.3 Å². The van der Waals surface area contributed by atoms with E-state index in [1.165, 1.54) is 0 Å². The van der Waals surface area contributed by atoms with Crippen molar-refractivity contribution in [2.75, 3.05) is 25.2 Å². The molecule has 32 heavy (non-hydrogen) atoms. The van der Waals surface area contributed by atoms with Crippen molar-refractivity contribution >= 4 is 21.7 Å². The van der Waals surface area contributed by atoms with Crippen LogP contribution >= 0.6 is 0 Å². The first-order valence-corrected chi connectivity index (χ1v) is 9.77. The van der Waals surface area contributed by atoms with E-state index < -0.39 is 58.0 Å². The second-order valence-corrected chi connectivity index (χ2v) is 7.60. The highest BCUT2D eigenvalue weighted by molar-refractivity contribution is 7.92. The molecule has 1 heterocycles. The van der Waals surface area contributed by atoms with Gasteiger partial charge in [0.25, 0.3) is 10.0 Å². The zero-order valence-electron chi connectivity index (χ0n) is 16.0. The minimum atomic E-state index is -4.67. The van der Waals surface area contributed by atoms with Crippen LogP contribution in [0.25, 0.3) is 0 Å². The number of carbonyl (C=O) groups is 1. The van der Waals surface area contributed by atoms with Crippen molar-refractivity contribution in [3.63, 3.8) is 0 Å². The molecule has 1 aromatic heterocycles. The van der Waals surface area contributed by atoms with E-state index in [0.717, 1.165) is 25.4 Å². The summed E-state index contributed by atoms with van der Waals surface area (Å²) in [7, 11) is -3.57. The van der Waals surface area contributed by atoms with Crippen molar-refractivity contribution in [2.45, 2.75) is 17.1 Å². The molecule has 0 bridgehead atoms. The van der Waals surface area contributed by atoms with Crippen LogP contribution < -0.4 is 14.2 Å². The normalized spacial score (nSPS) is 12.2. The first-order chi connectivity index (χ1) is 14.8. The number of esters is 1. The third-order valence-electron chi connectivity index (χ3n) is 3.42. The van der Waals surface area contributed by atoms with Gasteiger partial charge >= 0.3 is 18.2 Å². The van der Waals surface area contributed by atoms with Crippen molar-refractivity contribution in [1.29, 1.82) is 0 Å². The monoisotopic (exact) mass is 488 g/mol. The number of anilines is 1. The van der Waals surface area contributed by atoms with Crippen LogP contribution in [0.2, 0.25) is 0 Å². The fourth-order valence-corrected chi connectivity index (χ4v) is 3.20.